The van der Waals surface area contributed by atoms with Crippen LogP contribution in [-0.4, -0.2) is 31.1 Å². The molecule has 1 aliphatic rings. The maximum absolute atomic E-state index is 13.5. The second-order valence-electron chi connectivity index (χ2n) is 6.28. The Labute approximate surface area is 122 Å². The zero-order chi connectivity index (χ0) is 14.5. The molecule has 2 nitrogen and oxygen atoms in total. The molecular formula is C17H27FN2. The van der Waals surface area contributed by atoms with Gasteiger partial charge in [-0.2, -0.15) is 0 Å². The van der Waals surface area contributed by atoms with Crippen LogP contribution < -0.4 is 5.32 Å². The second-order valence-corrected chi connectivity index (χ2v) is 6.28. The van der Waals surface area contributed by atoms with Gasteiger partial charge in [0, 0.05) is 32.2 Å². The zero-order valence-corrected chi connectivity index (χ0v) is 13.0. The van der Waals surface area contributed by atoms with Crippen LogP contribution in [0.15, 0.2) is 18.2 Å². The summed E-state index contributed by atoms with van der Waals surface area (Å²) in [6.45, 7) is 10.7. The highest BCUT2D eigenvalue weighted by Crippen LogP contribution is 2.28. The van der Waals surface area contributed by atoms with Crippen molar-refractivity contribution in [3.8, 4) is 0 Å². The predicted octanol–water partition coefficient (Wildman–Crippen LogP) is 3.52. The van der Waals surface area contributed by atoms with Crippen LogP contribution in [0.1, 0.15) is 43.9 Å². The van der Waals surface area contributed by atoms with E-state index in [9.17, 15) is 4.39 Å². The Morgan fingerprint density at radius 3 is 2.50 bits per heavy atom. The second kappa shape index (κ2) is 7.19. The first-order valence-electron chi connectivity index (χ1n) is 7.78. The van der Waals surface area contributed by atoms with E-state index < -0.39 is 0 Å². The number of rotatable bonds is 5. The summed E-state index contributed by atoms with van der Waals surface area (Å²) in [7, 11) is 0. The highest BCUT2D eigenvalue weighted by atomic mass is 19.1. The van der Waals surface area contributed by atoms with Gasteiger partial charge >= 0.3 is 0 Å². The lowest BCUT2D eigenvalue weighted by Crippen LogP contribution is -2.45. The van der Waals surface area contributed by atoms with E-state index in [1.807, 2.05) is 19.1 Å². The van der Waals surface area contributed by atoms with Crippen molar-refractivity contribution in [2.24, 2.45) is 5.92 Å². The van der Waals surface area contributed by atoms with Crippen molar-refractivity contribution >= 4 is 0 Å². The maximum Gasteiger partial charge on any atom is 0.126 e. The number of hydrogen-bond acceptors (Lipinski definition) is 2. The van der Waals surface area contributed by atoms with Gasteiger partial charge in [-0.05, 0) is 42.9 Å². The van der Waals surface area contributed by atoms with Crippen molar-refractivity contribution in [1.82, 2.24) is 10.2 Å². The molecule has 2 rings (SSSR count). The predicted molar refractivity (Wildman–Crippen MR) is 82.4 cm³/mol. The Morgan fingerprint density at radius 2 is 1.90 bits per heavy atom. The normalized spacial score (nSPS) is 18.4. The van der Waals surface area contributed by atoms with Crippen LogP contribution in [-0.2, 0) is 0 Å². The summed E-state index contributed by atoms with van der Waals surface area (Å²) >= 11 is 0. The summed E-state index contributed by atoms with van der Waals surface area (Å²) < 4.78 is 13.5. The van der Waals surface area contributed by atoms with Gasteiger partial charge in [0.1, 0.15) is 5.82 Å². The molecule has 0 unspecified atom stereocenters. The van der Waals surface area contributed by atoms with Gasteiger partial charge in [0.15, 0.2) is 0 Å². The van der Waals surface area contributed by atoms with Crippen molar-refractivity contribution < 1.29 is 4.39 Å². The fraction of sp³-hybridized carbons (Fsp3) is 0.647. The van der Waals surface area contributed by atoms with E-state index in [1.165, 1.54) is 12.0 Å². The smallest absolute Gasteiger partial charge is 0.126 e. The van der Waals surface area contributed by atoms with E-state index in [0.717, 1.165) is 38.2 Å². The molecule has 1 saturated heterocycles. The molecular weight excluding hydrogens is 251 g/mol. The minimum atomic E-state index is -0.100. The van der Waals surface area contributed by atoms with Crippen molar-refractivity contribution in [3.05, 3.63) is 35.1 Å². The van der Waals surface area contributed by atoms with Gasteiger partial charge in [-0.25, -0.2) is 4.39 Å². The van der Waals surface area contributed by atoms with Crippen molar-refractivity contribution in [2.45, 2.75) is 39.7 Å². The van der Waals surface area contributed by atoms with E-state index in [0.29, 0.717) is 12.0 Å². The SMILES string of the molecule is Cc1cc([C@H](CCC(C)C)N2CCNCC2)ccc1F. The summed E-state index contributed by atoms with van der Waals surface area (Å²) in [5.41, 5.74) is 2.03. The van der Waals surface area contributed by atoms with Crippen molar-refractivity contribution in [3.63, 3.8) is 0 Å². The van der Waals surface area contributed by atoms with Crippen LogP contribution in [0.5, 0.6) is 0 Å². The highest BCUT2D eigenvalue weighted by molar-refractivity contribution is 5.26. The molecule has 1 aliphatic heterocycles. The Hall–Kier alpha value is -0.930. The maximum atomic E-state index is 13.5. The van der Waals surface area contributed by atoms with Gasteiger partial charge in [-0.3, -0.25) is 4.90 Å². The number of aryl methyl sites for hydroxylation is 1. The summed E-state index contributed by atoms with van der Waals surface area (Å²) in [5, 5.41) is 3.40. The summed E-state index contributed by atoms with van der Waals surface area (Å²) in [6.07, 6.45) is 2.37. The zero-order valence-electron chi connectivity index (χ0n) is 13.0. The van der Waals surface area contributed by atoms with Crippen LogP contribution in [0.2, 0.25) is 0 Å². The van der Waals surface area contributed by atoms with E-state index in [-0.39, 0.29) is 5.82 Å². The molecule has 1 atom stereocenters. The first-order valence-corrected chi connectivity index (χ1v) is 7.78. The third-order valence-corrected chi connectivity index (χ3v) is 4.18. The largest absolute Gasteiger partial charge is 0.314 e. The van der Waals surface area contributed by atoms with Gasteiger partial charge in [0.25, 0.3) is 0 Å². The van der Waals surface area contributed by atoms with Gasteiger partial charge in [0.05, 0.1) is 0 Å². The Balaban J connectivity index is 2.17. The quantitative estimate of drug-likeness (QED) is 0.886. The van der Waals surface area contributed by atoms with E-state index in [1.54, 1.807) is 6.07 Å². The molecule has 3 heteroatoms. The molecule has 0 amide bonds. The minimum absolute atomic E-state index is 0.100. The average molecular weight is 278 g/mol. The first-order chi connectivity index (χ1) is 9.58. The fourth-order valence-electron chi connectivity index (χ4n) is 2.92. The average Bonchev–Trinajstić information content (AvgIpc) is 2.44. The van der Waals surface area contributed by atoms with Gasteiger partial charge in [0.2, 0.25) is 0 Å². The van der Waals surface area contributed by atoms with Crippen molar-refractivity contribution in [2.75, 3.05) is 26.2 Å². The highest BCUT2D eigenvalue weighted by Gasteiger charge is 2.22. The number of benzene rings is 1. The standard InChI is InChI=1S/C17H27FN2/c1-13(2)4-7-17(20-10-8-19-9-11-20)15-5-6-16(18)14(3)12-15/h5-6,12-13,17,19H,4,7-11H2,1-3H3/t17-/m0/s1. The van der Waals surface area contributed by atoms with Gasteiger partial charge in [-0.1, -0.05) is 26.0 Å². The van der Waals surface area contributed by atoms with Crippen LogP contribution in [0.25, 0.3) is 0 Å². The van der Waals surface area contributed by atoms with Gasteiger partial charge < -0.3 is 5.32 Å². The van der Waals surface area contributed by atoms with Crippen LogP contribution >= 0.6 is 0 Å². The van der Waals surface area contributed by atoms with E-state index in [2.05, 4.69) is 24.1 Å². The van der Waals surface area contributed by atoms with Crippen LogP contribution in [0.4, 0.5) is 4.39 Å². The number of hydrogen-bond donors (Lipinski definition) is 1. The molecule has 0 aromatic heterocycles. The third kappa shape index (κ3) is 4.03. The number of nitrogens with zero attached hydrogens (tertiary/aromatic N) is 1. The molecule has 1 aromatic rings. The molecule has 0 bridgehead atoms. The topological polar surface area (TPSA) is 15.3 Å². The monoisotopic (exact) mass is 278 g/mol. The Bertz CT molecular complexity index is 425. The van der Waals surface area contributed by atoms with Crippen molar-refractivity contribution in [1.29, 1.82) is 0 Å². The van der Waals surface area contributed by atoms with E-state index in [4.69, 9.17) is 0 Å². The molecule has 0 spiro atoms. The number of halogens is 1. The molecule has 20 heavy (non-hydrogen) atoms. The Kier molecular flexibility index (Phi) is 5.55. The summed E-state index contributed by atoms with van der Waals surface area (Å²) in [5.74, 6) is 0.610. The molecule has 112 valence electrons. The lowest BCUT2D eigenvalue weighted by atomic mass is 9.94. The molecule has 1 aromatic carbocycles. The number of nitrogens with one attached hydrogen (secondary N) is 1. The molecule has 1 fully saturated rings. The lowest BCUT2D eigenvalue weighted by molar-refractivity contribution is 0.159. The molecule has 0 aliphatic carbocycles. The fourth-order valence-corrected chi connectivity index (χ4v) is 2.92. The molecule has 1 heterocycles. The molecule has 0 saturated carbocycles. The minimum Gasteiger partial charge on any atom is -0.314 e. The molecule has 0 radical (unpaired) electrons. The first kappa shape index (κ1) is 15.5. The lowest BCUT2D eigenvalue weighted by Gasteiger charge is -2.36. The number of piperazine rings is 1. The van der Waals surface area contributed by atoms with E-state index >= 15 is 0 Å². The van der Waals surface area contributed by atoms with Gasteiger partial charge in [-0.15, -0.1) is 0 Å². The van der Waals surface area contributed by atoms with Crippen LogP contribution in [0.3, 0.4) is 0 Å². The third-order valence-electron chi connectivity index (χ3n) is 4.18. The molecule has 1 N–H and O–H groups in total. The Morgan fingerprint density at radius 1 is 1.20 bits per heavy atom. The summed E-state index contributed by atoms with van der Waals surface area (Å²) in [6, 6.07) is 6.05. The van der Waals surface area contributed by atoms with Crippen LogP contribution in [0, 0.1) is 18.7 Å². The summed E-state index contributed by atoms with van der Waals surface area (Å²) in [4.78, 5) is 2.55.